The first-order valence-electron chi connectivity index (χ1n) is 30.7. The number of ether oxygens (including phenoxy) is 1. The number of hydrogen-bond donors (Lipinski definition) is 1. The molecule has 0 saturated carbocycles. The predicted molar refractivity (Wildman–Crippen MR) is 325 cm³/mol. The van der Waals surface area contributed by atoms with Gasteiger partial charge in [0.05, 0.1) is 33.8 Å². The van der Waals surface area contributed by atoms with E-state index in [9.17, 15) is 19.0 Å². The Morgan fingerprint density at radius 3 is 1.36 bits per heavy atom. The molecular weight excluding hydrogens is 964 g/mol. The van der Waals surface area contributed by atoms with Crippen LogP contribution >= 0.6 is 7.82 Å². The van der Waals surface area contributed by atoms with Crippen LogP contribution in [0.1, 0.15) is 245 Å². The molecule has 3 atom stereocenters. The third kappa shape index (κ3) is 55.4. The highest BCUT2D eigenvalue weighted by Crippen LogP contribution is 2.38. The minimum Gasteiger partial charge on any atom is -0.756 e. The molecule has 0 radical (unpaired) electrons. The normalized spacial score (nSPS) is 14.5. The van der Waals surface area contributed by atoms with Crippen molar-refractivity contribution in [2.24, 2.45) is 0 Å². The smallest absolute Gasteiger partial charge is 0.306 e. The second-order valence-corrected chi connectivity index (χ2v) is 22.9. The third-order valence-corrected chi connectivity index (χ3v) is 13.9. The summed E-state index contributed by atoms with van der Waals surface area (Å²) in [6.45, 7) is 6.66. The molecule has 0 heterocycles. The molecule has 0 spiro atoms. The summed E-state index contributed by atoms with van der Waals surface area (Å²) >= 11 is 0. The van der Waals surface area contributed by atoms with Crippen LogP contribution in [0.25, 0.3) is 0 Å². The average molecular weight is 1080 g/mol. The first-order chi connectivity index (χ1) is 36.9. The summed E-state index contributed by atoms with van der Waals surface area (Å²) in [6, 6.07) is -0.927. The maximum Gasteiger partial charge on any atom is 0.306 e. The standard InChI is InChI=1S/C66H115N2O7P/c1-7-10-13-16-19-22-25-28-30-32-33-34-35-36-38-41-44-47-50-53-56-59-66(70)75-64(57-54-51-48-45-42-39-27-24-21-18-15-12-9-3)63(62-74-76(71,72)73-61-60-68(4,5)6)67-65(69)58-55-52-49-46-43-40-37-31-29-26-23-20-17-14-11-8-2/h10,13,19,22,28,30-31,33-34,36-38,40,43-44,47,54,57,63-64H,7-9,11-12,14-18,20-21,23-27,29,32,35,39,41-42,45-46,48-53,55-56,58-62H2,1-6H3,(H-,67,69,71,72)/b13-10-,22-19-,30-28-,34-33-,37-31+,38-36-,43-40+,47-44-,57-54+. The van der Waals surface area contributed by atoms with Gasteiger partial charge in [0.2, 0.25) is 5.91 Å². The van der Waals surface area contributed by atoms with Crippen LogP contribution in [0.4, 0.5) is 0 Å². The van der Waals surface area contributed by atoms with Crippen molar-refractivity contribution in [1.82, 2.24) is 5.32 Å². The molecule has 0 aromatic carbocycles. The lowest BCUT2D eigenvalue weighted by atomic mass is 10.0. The van der Waals surface area contributed by atoms with Gasteiger partial charge in [-0.25, -0.2) is 0 Å². The van der Waals surface area contributed by atoms with E-state index in [2.05, 4.69) is 123 Å². The highest BCUT2D eigenvalue weighted by molar-refractivity contribution is 7.45. The zero-order chi connectivity index (χ0) is 55.7. The Morgan fingerprint density at radius 1 is 0.487 bits per heavy atom. The predicted octanol–water partition coefficient (Wildman–Crippen LogP) is 18.3. The van der Waals surface area contributed by atoms with Crippen molar-refractivity contribution in [1.29, 1.82) is 0 Å². The SMILES string of the molecule is CC/C=C\C/C=C\C/C=C\C/C=C\C/C=C\C/C=C\CCCCC(=O)OC(/C=C/CCCCCCCCCCCCC)C(COP(=O)([O-])OCC[N+](C)(C)C)NC(=O)CCCCC/C=C/C=C/CCCCCCCCC. The second kappa shape index (κ2) is 55.0. The van der Waals surface area contributed by atoms with Crippen molar-refractivity contribution in [3.05, 3.63) is 109 Å². The fraction of sp³-hybridized carbons (Fsp3) is 0.697. The van der Waals surface area contributed by atoms with Crippen LogP contribution in [-0.2, 0) is 27.9 Å². The van der Waals surface area contributed by atoms with E-state index in [0.29, 0.717) is 23.9 Å². The molecule has 10 heteroatoms. The Kier molecular flexibility index (Phi) is 52.6. The zero-order valence-corrected chi connectivity index (χ0v) is 50.6. The number of allylic oxidation sites excluding steroid dienone is 17. The van der Waals surface area contributed by atoms with E-state index in [-0.39, 0.29) is 25.4 Å². The number of quaternary nitrogens is 1. The Balaban J connectivity index is 5.44. The Morgan fingerprint density at radius 2 is 0.882 bits per heavy atom. The molecular formula is C66H115N2O7P. The largest absolute Gasteiger partial charge is 0.756 e. The minimum atomic E-state index is -4.72. The van der Waals surface area contributed by atoms with E-state index in [1.165, 1.54) is 103 Å². The molecule has 0 saturated heterocycles. The summed E-state index contributed by atoms with van der Waals surface area (Å²) in [4.78, 5) is 40.0. The number of nitrogens with one attached hydrogen (secondary N) is 1. The summed E-state index contributed by atoms with van der Waals surface area (Å²) < 4.78 is 30.2. The van der Waals surface area contributed by atoms with Crippen molar-refractivity contribution >= 4 is 19.7 Å². The number of phosphoric ester groups is 1. The lowest BCUT2D eigenvalue weighted by Gasteiger charge is -2.30. The van der Waals surface area contributed by atoms with Gasteiger partial charge < -0.3 is 28.5 Å². The molecule has 1 N–H and O–H groups in total. The summed E-state index contributed by atoms with van der Waals surface area (Å²) in [5, 5.41) is 3.00. The molecule has 0 aliphatic carbocycles. The van der Waals surface area contributed by atoms with Gasteiger partial charge in [-0.2, -0.15) is 0 Å². The molecule has 3 unspecified atom stereocenters. The van der Waals surface area contributed by atoms with Crippen LogP contribution in [0.5, 0.6) is 0 Å². The number of carbonyl (C=O) groups excluding carboxylic acids is 2. The Bertz CT molecular complexity index is 1670. The van der Waals surface area contributed by atoms with Gasteiger partial charge in [-0.15, -0.1) is 0 Å². The first-order valence-corrected chi connectivity index (χ1v) is 32.2. The minimum absolute atomic E-state index is 0.0398. The number of likely N-dealkylation sites (N-methyl/N-ethyl adjacent to an activating group) is 1. The highest BCUT2D eigenvalue weighted by Gasteiger charge is 2.27. The van der Waals surface area contributed by atoms with Gasteiger partial charge in [0, 0.05) is 12.8 Å². The molecule has 0 fully saturated rings. The average Bonchev–Trinajstić information content (AvgIpc) is 3.38. The van der Waals surface area contributed by atoms with Crippen LogP contribution in [0.15, 0.2) is 109 Å². The van der Waals surface area contributed by atoms with E-state index < -0.39 is 32.5 Å². The quantitative estimate of drug-likeness (QED) is 0.0161. The first kappa shape index (κ1) is 72.7. The number of phosphoric acid groups is 1. The van der Waals surface area contributed by atoms with Gasteiger partial charge in [-0.05, 0) is 109 Å². The fourth-order valence-corrected chi connectivity index (χ4v) is 8.94. The topological polar surface area (TPSA) is 114 Å². The van der Waals surface area contributed by atoms with Gasteiger partial charge in [-0.1, -0.05) is 233 Å². The van der Waals surface area contributed by atoms with Gasteiger partial charge in [0.1, 0.15) is 19.3 Å². The Hall–Kier alpha value is -3.33. The summed E-state index contributed by atoms with van der Waals surface area (Å²) in [5.41, 5.74) is 0. The number of carbonyl (C=O) groups is 2. The monoisotopic (exact) mass is 1080 g/mol. The number of nitrogens with zero attached hydrogens (tertiary/aromatic N) is 1. The van der Waals surface area contributed by atoms with Gasteiger partial charge in [-0.3, -0.25) is 14.2 Å². The maximum atomic E-state index is 13.5. The van der Waals surface area contributed by atoms with Crippen molar-refractivity contribution in [3.8, 4) is 0 Å². The van der Waals surface area contributed by atoms with Gasteiger partial charge in [0.15, 0.2) is 0 Å². The molecule has 0 aromatic rings. The number of unbranched alkanes of at least 4 members (excludes halogenated alkanes) is 23. The number of hydrogen-bond acceptors (Lipinski definition) is 7. The van der Waals surface area contributed by atoms with Crippen LogP contribution in [0.2, 0.25) is 0 Å². The molecule has 9 nitrogen and oxygen atoms in total. The van der Waals surface area contributed by atoms with E-state index >= 15 is 0 Å². The summed E-state index contributed by atoms with van der Waals surface area (Å²) in [6.07, 6.45) is 74.9. The Labute approximate surface area is 468 Å². The van der Waals surface area contributed by atoms with E-state index in [1.54, 1.807) is 0 Å². The van der Waals surface area contributed by atoms with Gasteiger partial charge in [0.25, 0.3) is 7.82 Å². The number of rotatable bonds is 54. The zero-order valence-electron chi connectivity index (χ0n) is 49.7. The van der Waals surface area contributed by atoms with Crippen molar-refractivity contribution < 1.29 is 37.3 Å². The van der Waals surface area contributed by atoms with Crippen LogP contribution in [0, 0.1) is 0 Å². The number of esters is 1. The summed E-state index contributed by atoms with van der Waals surface area (Å²) in [7, 11) is 1.13. The molecule has 0 aliphatic rings. The molecule has 76 heavy (non-hydrogen) atoms. The van der Waals surface area contributed by atoms with Crippen molar-refractivity contribution in [2.75, 3.05) is 40.9 Å². The van der Waals surface area contributed by atoms with E-state index in [1.807, 2.05) is 33.3 Å². The molecule has 0 aromatic heterocycles. The fourth-order valence-electron chi connectivity index (χ4n) is 8.22. The van der Waals surface area contributed by atoms with Crippen LogP contribution in [0.3, 0.4) is 0 Å². The van der Waals surface area contributed by atoms with Gasteiger partial charge >= 0.3 is 5.97 Å². The molecule has 1 amide bonds. The maximum absolute atomic E-state index is 13.5. The third-order valence-electron chi connectivity index (χ3n) is 13.0. The second-order valence-electron chi connectivity index (χ2n) is 21.5. The molecule has 436 valence electrons. The van der Waals surface area contributed by atoms with Crippen molar-refractivity contribution in [3.63, 3.8) is 0 Å². The summed E-state index contributed by atoms with van der Waals surface area (Å²) in [5.74, 6) is -0.628. The van der Waals surface area contributed by atoms with E-state index in [4.69, 9.17) is 13.8 Å². The van der Waals surface area contributed by atoms with Crippen LogP contribution < -0.4 is 10.2 Å². The number of amides is 1. The molecule has 0 rings (SSSR count). The lowest BCUT2D eigenvalue weighted by Crippen LogP contribution is -2.47. The van der Waals surface area contributed by atoms with Crippen molar-refractivity contribution in [2.45, 2.75) is 258 Å². The highest BCUT2D eigenvalue weighted by atomic mass is 31.2. The van der Waals surface area contributed by atoms with Crippen LogP contribution in [-0.4, -0.2) is 69.4 Å². The van der Waals surface area contributed by atoms with E-state index in [0.717, 1.165) is 96.3 Å². The molecule has 0 aliphatic heterocycles. The lowest BCUT2D eigenvalue weighted by molar-refractivity contribution is -0.870. The molecule has 0 bridgehead atoms.